The standard InChI is InChI=1S/C23H38O5/c1-4-9-17(2)23(3,28)13-8-12-20-19(21(26)14-22(20)27)11-7-5-6-10-18(15-24)16-25/h10,15,19-20,22,25,27-28H,2,4-9,11-14,16H2,1,3H3/t19-,20-,22-,23?/m1/s1. The molecule has 1 saturated carbocycles. The van der Waals surface area contributed by atoms with E-state index in [2.05, 4.69) is 13.5 Å². The molecule has 0 saturated heterocycles. The molecule has 1 unspecified atom stereocenters. The summed E-state index contributed by atoms with van der Waals surface area (Å²) in [5.74, 6) is -0.0217. The van der Waals surface area contributed by atoms with Gasteiger partial charge >= 0.3 is 0 Å². The zero-order valence-corrected chi connectivity index (χ0v) is 17.5. The van der Waals surface area contributed by atoms with Crippen LogP contribution < -0.4 is 0 Å². The van der Waals surface area contributed by atoms with Gasteiger partial charge in [0.15, 0.2) is 0 Å². The maximum Gasteiger partial charge on any atom is 0.148 e. The van der Waals surface area contributed by atoms with E-state index in [0.717, 1.165) is 50.5 Å². The van der Waals surface area contributed by atoms with Crippen molar-refractivity contribution < 1.29 is 24.9 Å². The number of carbonyl (C=O) groups excluding carboxylic acids is 2. The van der Waals surface area contributed by atoms with Crippen LogP contribution in [0.3, 0.4) is 0 Å². The van der Waals surface area contributed by atoms with Crippen molar-refractivity contribution in [3.8, 4) is 0 Å². The SMILES string of the molecule is C=C(CCC)C(C)(O)CCC[C@H]1[C@H](O)CC(=O)[C@@H]1CCCCC=C(C=O)CO. The Morgan fingerprint density at radius 3 is 2.61 bits per heavy atom. The number of ketones is 1. The minimum absolute atomic E-state index is 0.0405. The first-order chi connectivity index (χ1) is 13.3. The van der Waals surface area contributed by atoms with Crippen molar-refractivity contribution in [2.45, 2.75) is 89.8 Å². The zero-order chi connectivity index (χ0) is 21.2. The third kappa shape index (κ3) is 7.61. The third-order valence-corrected chi connectivity index (χ3v) is 6.06. The summed E-state index contributed by atoms with van der Waals surface area (Å²) in [5, 5.41) is 29.9. The van der Waals surface area contributed by atoms with Crippen molar-refractivity contribution in [1.29, 1.82) is 0 Å². The Morgan fingerprint density at radius 2 is 2.00 bits per heavy atom. The largest absolute Gasteiger partial charge is 0.392 e. The Morgan fingerprint density at radius 1 is 1.29 bits per heavy atom. The van der Waals surface area contributed by atoms with Crippen molar-refractivity contribution in [1.82, 2.24) is 0 Å². The molecule has 0 heterocycles. The van der Waals surface area contributed by atoms with Gasteiger partial charge in [-0.3, -0.25) is 9.59 Å². The second kappa shape index (κ2) is 12.3. The molecular weight excluding hydrogens is 356 g/mol. The molecule has 0 spiro atoms. The molecule has 28 heavy (non-hydrogen) atoms. The molecule has 0 bridgehead atoms. The minimum atomic E-state index is -0.894. The van der Waals surface area contributed by atoms with Gasteiger partial charge in [-0.25, -0.2) is 0 Å². The summed E-state index contributed by atoms with van der Waals surface area (Å²) >= 11 is 0. The van der Waals surface area contributed by atoms with Crippen LogP contribution in [0, 0.1) is 11.8 Å². The third-order valence-electron chi connectivity index (χ3n) is 6.06. The molecule has 0 aromatic carbocycles. The van der Waals surface area contributed by atoms with E-state index in [9.17, 15) is 19.8 Å². The first-order valence-electron chi connectivity index (χ1n) is 10.6. The minimum Gasteiger partial charge on any atom is -0.392 e. The number of allylic oxidation sites excluding steroid dienone is 1. The van der Waals surface area contributed by atoms with Crippen molar-refractivity contribution in [2.75, 3.05) is 6.61 Å². The highest BCUT2D eigenvalue weighted by Crippen LogP contribution is 2.37. The Balaban J connectivity index is 2.48. The molecule has 5 heteroatoms. The molecule has 1 aliphatic carbocycles. The molecule has 0 aromatic rings. The second-order valence-corrected chi connectivity index (χ2v) is 8.37. The van der Waals surface area contributed by atoms with Gasteiger partial charge in [0.1, 0.15) is 12.1 Å². The highest BCUT2D eigenvalue weighted by atomic mass is 16.3. The van der Waals surface area contributed by atoms with Crippen LogP contribution in [-0.4, -0.2) is 45.7 Å². The van der Waals surface area contributed by atoms with Gasteiger partial charge in [-0.2, -0.15) is 0 Å². The van der Waals surface area contributed by atoms with E-state index in [1.807, 2.05) is 0 Å². The maximum atomic E-state index is 12.3. The Labute approximate surface area is 169 Å². The molecule has 1 fully saturated rings. The molecule has 4 atom stereocenters. The van der Waals surface area contributed by atoms with Gasteiger partial charge in [-0.15, -0.1) is 0 Å². The quantitative estimate of drug-likeness (QED) is 0.181. The second-order valence-electron chi connectivity index (χ2n) is 8.37. The molecule has 5 nitrogen and oxygen atoms in total. The normalized spacial score (nSPS) is 25.0. The van der Waals surface area contributed by atoms with Gasteiger partial charge < -0.3 is 15.3 Å². The van der Waals surface area contributed by atoms with Crippen LogP contribution in [0.1, 0.15) is 78.1 Å². The van der Waals surface area contributed by atoms with Gasteiger partial charge in [0.05, 0.1) is 18.3 Å². The number of aliphatic hydroxyl groups excluding tert-OH is 2. The van der Waals surface area contributed by atoms with Crippen molar-refractivity contribution >= 4 is 12.1 Å². The summed E-state index contributed by atoms with van der Waals surface area (Å²) in [5.41, 5.74) is 0.344. The van der Waals surface area contributed by atoms with Gasteiger partial charge in [0, 0.05) is 17.9 Å². The van der Waals surface area contributed by atoms with E-state index in [1.165, 1.54) is 0 Å². The number of carbonyl (C=O) groups is 2. The lowest BCUT2D eigenvalue weighted by molar-refractivity contribution is -0.121. The topological polar surface area (TPSA) is 94.8 Å². The van der Waals surface area contributed by atoms with E-state index in [1.54, 1.807) is 13.0 Å². The number of aliphatic hydroxyl groups is 3. The summed E-state index contributed by atoms with van der Waals surface area (Å²) in [7, 11) is 0. The van der Waals surface area contributed by atoms with Crippen LogP contribution >= 0.6 is 0 Å². The van der Waals surface area contributed by atoms with E-state index in [4.69, 9.17) is 5.11 Å². The zero-order valence-electron chi connectivity index (χ0n) is 17.5. The fourth-order valence-corrected chi connectivity index (χ4v) is 4.16. The molecule has 0 aliphatic heterocycles. The van der Waals surface area contributed by atoms with Crippen LogP contribution in [0.2, 0.25) is 0 Å². The fourth-order valence-electron chi connectivity index (χ4n) is 4.16. The van der Waals surface area contributed by atoms with Gasteiger partial charge in [-0.1, -0.05) is 32.4 Å². The van der Waals surface area contributed by atoms with Gasteiger partial charge in [-0.05, 0) is 63.4 Å². The Kier molecular flexibility index (Phi) is 10.9. The summed E-state index contributed by atoms with van der Waals surface area (Å²) in [6.45, 7) is 7.61. The summed E-state index contributed by atoms with van der Waals surface area (Å²) in [4.78, 5) is 23.0. The Hall–Kier alpha value is -1.30. The molecule has 160 valence electrons. The first kappa shape index (κ1) is 24.7. The smallest absolute Gasteiger partial charge is 0.148 e. The number of hydrogen-bond donors (Lipinski definition) is 3. The number of unbranched alkanes of at least 4 members (excludes halogenated alkanes) is 2. The molecule has 3 N–H and O–H groups in total. The van der Waals surface area contributed by atoms with Crippen molar-refractivity contribution in [3.05, 3.63) is 23.8 Å². The monoisotopic (exact) mass is 394 g/mol. The van der Waals surface area contributed by atoms with Crippen LogP contribution in [-0.2, 0) is 9.59 Å². The van der Waals surface area contributed by atoms with Gasteiger partial charge in [0.2, 0.25) is 0 Å². The lowest BCUT2D eigenvalue weighted by atomic mass is 9.82. The molecule has 0 amide bonds. The molecule has 0 aromatic heterocycles. The van der Waals surface area contributed by atoms with E-state index < -0.39 is 11.7 Å². The maximum absolute atomic E-state index is 12.3. The average Bonchev–Trinajstić information content (AvgIpc) is 2.91. The highest BCUT2D eigenvalue weighted by Gasteiger charge is 2.40. The summed E-state index contributed by atoms with van der Waals surface area (Å²) in [6, 6.07) is 0. The lowest BCUT2D eigenvalue weighted by Gasteiger charge is -2.27. The molecule has 1 rings (SSSR count). The summed E-state index contributed by atoms with van der Waals surface area (Å²) < 4.78 is 0. The van der Waals surface area contributed by atoms with Crippen LogP contribution in [0.4, 0.5) is 0 Å². The predicted octanol–water partition coefficient (Wildman–Crippen LogP) is 3.51. The number of aldehydes is 1. The first-order valence-corrected chi connectivity index (χ1v) is 10.6. The number of Topliss-reactive ketones (excluding diaryl/α,β-unsaturated/α-hetero) is 1. The van der Waals surface area contributed by atoms with Crippen molar-refractivity contribution in [3.63, 3.8) is 0 Å². The van der Waals surface area contributed by atoms with Crippen LogP contribution in [0.5, 0.6) is 0 Å². The predicted molar refractivity (Wildman–Crippen MR) is 111 cm³/mol. The lowest BCUT2D eigenvalue weighted by Crippen LogP contribution is -2.27. The van der Waals surface area contributed by atoms with E-state index in [-0.39, 0.29) is 30.6 Å². The van der Waals surface area contributed by atoms with Crippen LogP contribution in [0.25, 0.3) is 0 Å². The average molecular weight is 395 g/mol. The number of hydrogen-bond acceptors (Lipinski definition) is 5. The van der Waals surface area contributed by atoms with Crippen LogP contribution in [0.15, 0.2) is 23.8 Å². The highest BCUT2D eigenvalue weighted by molar-refractivity contribution is 5.84. The van der Waals surface area contributed by atoms with E-state index >= 15 is 0 Å². The fraction of sp³-hybridized carbons (Fsp3) is 0.739. The molecular formula is C23H38O5. The van der Waals surface area contributed by atoms with E-state index in [0.29, 0.717) is 24.7 Å². The Bertz CT molecular complexity index is 549. The van der Waals surface area contributed by atoms with Gasteiger partial charge in [0.25, 0.3) is 0 Å². The molecule has 0 radical (unpaired) electrons. The summed E-state index contributed by atoms with van der Waals surface area (Å²) in [6.07, 6.45) is 9.00. The molecule has 1 aliphatic rings. The number of rotatable bonds is 14. The van der Waals surface area contributed by atoms with Crippen molar-refractivity contribution in [2.24, 2.45) is 11.8 Å².